The van der Waals surface area contributed by atoms with E-state index in [1.54, 1.807) is 33.3 Å². The number of urea groups is 2. The Balaban J connectivity index is 2.12. The molecule has 0 saturated heterocycles. The summed E-state index contributed by atoms with van der Waals surface area (Å²) in [6.07, 6.45) is 0. The number of carbonyl (C=O) groups is 2. The number of aryl methyl sites for hydroxylation is 1. The second-order valence-electron chi connectivity index (χ2n) is 5.68. The fourth-order valence-electron chi connectivity index (χ4n) is 2.04. The van der Waals surface area contributed by atoms with E-state index in [4.69, 9.17) is 0 Å². The van der Waals surface area contributed by atoms with E-state index in [-0.39, 0.29) is 12.1 Å². The van der Waals surface area contributed by atoms with Gasteiger partial charge in [-0.1, -0.05) is 24.3 Å². The fourth-order valence-corrected chi connectivity index (χ4v) is 2.04. The fraction of sp³-hybridized carbons (Fsp3) is 0.222. The van der Waals surface area contributed by atoms with Gasteiger partial charge in [-0.3, -0.25) is 4.90 Å². The first-order valence-electron chi connectivity index (χ1n) is 7.57. The molecule has 0 heterocycles. The molecule has 0 unspecified atom stereocenters. The minimum absolute atomic E-state index is 0.219. The van der Waals surface area contributed by atoms with Gasteiger partial charge in [0.2, 0.25) is 0 Å². The number of nitrogens with one attached hydrogen (secondary N) is 2. The van der Waals surface area contributed by atoms with Gasteiger partial charge in [-0.15, -0.1) is 0 Å². The van der Waals surface area contributed by atoms with E-state index in [0.29, 0.717) is 11.4 Å². The zero-order valence-electron chi connectivity index (χ0n) is 14.3. The third-order valence-electron chi connectivity index (χ3n) is 3.58. The van der Waals surface area contributed by atoms with Gasteiger partial charge in [0.1, 0.15) is 0 Å². The summed E-state index contributed by atoms with van der Waals surface area (Å²) in [5.41, 5.74) is 2.99. The maximum Gasteiger partial charge on any atom is 0.326 e. The van der Waals surface area contributed by atoms with Crippen molar-refractivity contribution in [2.45, 2.75) is 6.92 Å². The van der Waals surface area contributed by atoms with Crippen LogP contribution in [-0.4, -0.2) is 38.1 Å². The maximum absolute atomic E-state index is 12.4. The molecule has 0 radical (unpaired) electrons. The summed E-state index contributed by atoms with van der Waals surface area (Å²) in [5.74, 6) is 0. The molecule has 4 amide bonds. The van der Waals surface area contributed by atoms with Crippen LogP contribution in [0.2, 0.25) is 0 Å². The Morgan fingerprint density at radius 2 is 1.54 bits per heavy atom. The molecule has 2 rings (SSSR count). The monoisotopic (exact) mass is 326 g/mol. The Kier molecular flexibility index (Phi) is 5.42. The molecule has 0 aromatic heterocycles. The Labute approximate surface area is 142 Å². The highest BCUT2D eigenvalue weighted by molar-refractivity contribution is 6.02. The highest BCUT2D eigenvalue weighted by Gasteiger charge is 2.12. The molecular formula is C18H22N4O2. The number of hydrogen-bond donors (Lipinski definition) is 2. The normalized spacial score (nSPS) is 10.0. The molecule has 0 bridgehead atoms. The molecule has 2 aromatic carbocycles. The van der Waals surface area contributed by atoms with Crippen molar-refractivity contribution in [3.63, 3.8) is 0 Å². The van der Waals surface area contributed by atoms with E-state index < -0.39 is 0 Å². The van der Waals surface area contributed by atoms with Crippen molar-refractivity contribution >= 4 is 29.1 Å². The zero-order chi connectivity index (χ0) is 17.7. The zero-order valence-corrected chi connectivity index (χ0v) is 14.3. The minimum atomic E-state index is -0.255. The van der Waals surface area contributed by atoms with Crippen molar-refractivity contribution in [3.05, 3.63) is 54.1 Å². The third kappa shape index (κ3) is 4.25. The first-order valence-corrected chi connectivity index (χ1v) is 7.57. The van der Waals surface area contributed by atoms with Gasteiger partial charge in [0.25, 0.3) is 0 Å². The number of carbonyl (C=O) groups excluding carboxylic acids is 2. The number of nitrogens with zero attached hydrogens (tertiary/aromatic N) is 2. The highest BCUT2D eigenvalue weighted by Crippen LogP contribution is 2.21. The lowest BCUT2D eigenvalue weighted by molar-refractivity contribution is 0.230. The Morgan fingerprint density at radius 1 is 0.875 bits per heavy atom. The average molecular weight is 326 g/mol. The topological polar surface area (TPSA) is 64.7 Å². The smallest absolute Gasteiger partial charge is 0.326 e. The largest absolute Gasteiger partial charge is 0.331 e. The number of anilines is 3. The number of amides is 4. The van der Waals surface area contributed by atoms with Crippen LogP contribution in [-0.2, 0) is 0 Å². The molecule has 2 aromatic rings. The first kappa shape index (κ1) is 17.3. The summed E-state index contributed by atoms with van der Waals surface area (Å²) >= 11 is 0. The molecule has 6 nitrogen and oxygen atoms in total. The molecule has 0 spiro atoms. The van der Waals surface area contributed by atoms with Crippen LogP contribution in [0.4, 0.5) is 26.7 Å². The number of para-hydroxylation sites is 1. The lowest BCUT2D eigenvalue weighted by Crippen LogP contribution is -2.31. The molecular weight excluding hydrogens is 304 g/mol. The Morgan fingerprint density at radius 3 is 2.17 bits per heavy atom. The summed E-state index contributed by atoms with van der Waals surface area (Å²) < 4.78 is 0. The van der Waals surface area contributed by atoms with Crippen molar-refractivity contribution in [1.82, 2.24) is 4.90 Å². The molecule has 24 heavy (non-hydrogen) atoms. The van der Waals surface area contributed by atoms with Gasteiger partial charge in [-0.2, -0.15) is 0 Å². The average Bonchev–Trinajstić information content (AvgIpc) is 2.57. The van der Waals surface area contributed by atoms with Crippen LogP contribution in [0, 0.1) is 6.92 Å². The van der Waals surface area contributed by atoms with Crippen molar-refractivity contribution in [2.24, 2.45) is 0 Å². The lowest BCUT2D eigenvalue weighted by atomic mass is 10.2. The van der Waals surface area contributed by atoms with Crippen LogP contribution < -0.4 is 15.5 Å². The highest BCUT2D eigenvalue weighted by atomic mass is 16.2. The summed E-state index contributed by atoms with van der Waals surface area (Å²) in [4.78, 5) is 27.1. The van der Waals surface area contributed by atoms with Gasteiger partial charge in [0.15, 0.2) is 0 Å². The summed E-state index contributed by atoms with van der Waals surface area (Å²) in [7, 11) is 5.05. The second-order valence-corrected chi connectivity index (χ2v) is 5.68. The molecule has 2 N–H and O–H groups in total. The van der Waals surface area contributed by atoms with E-state index in [2.05, 4.69) is 10.6 Å². The number of hydrogen-bond acceptors (Lipinski definition) is 2. The van der Waals surface area contributed by atoms with Gasteiger partial charge >= 0.3 is 12.1 Å². The predicted molar refractivity (Wildman–Crippen MR) is 97.7 cm³/mol. The van der Waals surface area contributed by atoms with Crippen LogP contribution in [0.25, 0.3) is 0 Å². The van der Waals surface area contributed by atoms with Gasteiger partial charge < -0.3 is 15.5 Å². The van der Waals surface area contributed by atoms with E-state index in [1.165, 1.54) is 9.80 Å². The summed E-state index contributed by atoms with van der Waals surface area (Å²) in [5, 5.41) is 5.64. The molecule has 0 aliphatic heterocycles. The minimum Gasteiger partial charge on any atom is -0.331 e. The van der Waals surface area contributed by atoms with Crippen LogP contribution in [0.15, 0.2) is 48.5 Å². The lowest BCUT2D eigenvalue weighted by Gasteiger charge is -2.19. The molecule has 0 fully saturated rings. The van der Waals surface area contributed by atoms with Crippen molar-refractivity contribution in [1.29, 1.82) is 0 Å². The summed E-state index contributed by atoms with van der Waals surface area (Å²) in [6.45, 7) is 1.90. The SMILES string of the molecule is Cc1ccc(NC(=O)N(C)c2ccccc2)cc1NC(=O)N(C)C. The quantitative estimate of drug-likeness (QED) is 0.902. The van der Waals surface area contributed by atoms with Crippen LogP contribution in [0.3, 0.4) is 0 Å². The molecule has 126 valence electrons. The second kappa shape index (κ2) is 7.50. The molecule has 0 saturated carbocycles. The van der Waals surface area contributed by atoms with E-state index >= 15 is 0 Å². The van der Waals surface area contributed by atoms with E-state index in [9.17, 15) is 9.59 Å². The van der Waals surface area contributed by atoms with Crippen molar-refractivity contribution < 1.29 is 9.59 Å². The van der Waals surface area contributed by atoms with Gasteiger partial charge in [0.05, 0.1) is 0 Å². The van der Waals surface area contributed by atoms with Crippen molar-refractivity contribution in [2.75, 3.05) is 36.7 Å². The third-order valence-corrected chi connectivity index (χ3v) is 3.58. The van der Waals surface area contributed by atoms with Crippen molar-refractivity contribution in [3.8, 4) is 0 Å². The van der Waals surface area contributed by atoms with E-state index in [0.717, 1.165) is 11.3 Å². The predicted octanol–water partition coefficient (Wildman–Crippen LogP) is 3.76. The molecule has 0 aliphatic carbocycles. The maximum atomic E-state index is 12.4. The van der Waals surface area contributed by atoms with Crippen LogP contribution in [0.5, 0.6) is 0 Å². The summed E-state index contributed by atoms with van der Waals surface area (Å²) in [6, 6.07) is 14.3. The van der Waals surface area contributed by atoms with Gasteiger partial charge in [-0.25, -0.2) is 9.59 Å². The first-order chi connectivity index (χ1) is 11.4. The van der Waals surface area contributed by atoms with E-state index in [1.807, 2.05) is 43.3 Å². The molecule has 0 aliphatic rings. The standard InChI is InChI=1S/C18H22N4O2/c1-13-10-11-14(12-16(13)20-17(23)21(2)3)19-18(24)22(4)15-8-6-5-7-9-15/h5-12H,1-4H3,(H,19,24)(H,20,23). The van der Waals surface area contributed by atoms with Gasteiger partial charge in [-0.05, 0) is 36.8 Å². The van der Waals surface area contributed by atoms with Crippen LogP contribution >= 0.6 is 0 Å². The van der Waals surface area contributed by atoms with Crippen LogP contribution in [0.1, 0.15) is 5.56 Å². The number of benzene rings is 2. The number of rotatable bonds is 3. The molecule has 0 atom stereocenters. The van der Waals surface area contributed by atoms with Gasteiger partial charge in [0, 0.05) is 38.2 Å². The Hall–Kier alpha value is -3.02. The molecule has 6 heteroatoms. The Bertz CT molecular complexity index is 729.